The quantitative estimate of drug-likeness (QED) is 0.560. The Balaban J connectivity index is 0.000000121. The minimum absolute atomic E-state index is 0.188. The molecule has 0 atom stereocenters. The Morgan fingerprint density at radius 2 is 1.35 bits per heavy atom. The maximum atomic E-state index is 11.1. The molecule has 4 fully saturated rings. The molecule has 4 heterocycles. The maximum Gasteiger partial charge on any atom is 0.158 e. The van der Waals surface area contributed by atoms with Crippen LogP contribution < -0.4 is 0 Å². The fraction of sp³-hybridized carbons (Fsp3) is 1.00. The van der Waals surface area contributed by atoms with Crippen molar-refractivity contribution >= 4 is 19.7 Å². The van der Waals surface area contributed by atoms with Gasteiger partial charge >= 0.3 is 0 Å². The van der Waals surface area contributed by atoms with E-state index < -0.39 is 19.7 Å². The SMILES string of the molecule is CN1CC2(C1)CS(=O)(=O)C2.CN1CC2(CCS2(=O)=O)C1. The minimum Gasteiger partial charge on any atom is -0.305 e. The van der Waals surface area contributed by atoms with Crippen molar-refractivity contribution in [3.05, 3.63) is 0 Å². The highest BCUT2D eigenvalue weighted by Gasteiger charge is 2.58. The van der Waals surface area contributed by atoms with Gasteiger partial charge in [0.1, 0.15) is 0 Å². The fourth-order valence-electron chi connectivity index (χ4n) is 4.02. The summed E-state index contributed by atoms with van der Waals surface area (Å²) in [4.78, 5) is 4.21. The fourth-order valence-corrected chi connectivity index (χ4v) is 8.12. The summed E-state index contributed by atoms with van der Waals surface area (Å²) in [6.45, 7) is 3.48. The summed E-state index contributed by atoms with van der Waals surface area (Å²) in [6.07, 6.45) is 0.889. The van der Waals surface area contributed by atoms with Crippen LogP contribution in [0.25, 0.3) is 0 Å². The Bertz CT molecular complexity index is 600. The highest BCUT2D eigenvalue weighted by molar-refractivity contribution is 7.94. The number of hydrogen-bond acceptors (Lipinski definition) is 6. The van der Waals surface area contributed by atoms with Crippen LogP contribution in [0, 0.1) is 5.41 Å². The van der Waals surface area contributed by atoms with Crippen LogP contribution in [-0.4, -0.2) is 88.9 Å². The minimum atomic E-state index is -2.66. The Kier molecular flexibility index (Phi) is 3.08. The van der Waals surface area contributed by atoms with Gasteiger partial charge < -0.3 is 9.80 Å². The average Bonchev–Trinajstić information content (AvgIpc) is 2.19. The first-order valence-corrected chi connectivity index (χ1v) is 10.3. The van der Waals surface area contributed by atoms with Gasteiger partial charge in [-0.2, -0.15) is 0 Å². The lowest BCUT2D eigenvalue weighted by Gasteiger charge is -2.53. The molecule has 0 unspecified atom stereocenters. The van der Waals surface area contributed by atoms with Crippen LogP contribution in [0.3, 0.4) is 0 Å². The molecule has 4 saturated heterocycles. The largest absolute Gasteiger partial charge is 0.305 e. The summed E-state index contributed by atoms with van der Waals surface area (Å²) in [5, 5.41) is 0. The van der Waals surface area contributed by atoms with Gasteiger partial charge in [0.15, 0.2) is 19.7 Å². The summed E-state index contributed by atoms with van der Waals surface area (Å²) in [7, 11) is -1.28. The van der Waals surface area contributed by atoms with Gasteiger partial charge in [-0.25, -0.2) is 16.8 Å². The Labute approximate surface area is 121 Å². The van der Waals surface area contributed by atoms with Gasteiger partial charge in [0.2, 0.25) is 0 Å². The molecule has 20 heavy (non-hydrogen) atoms. The van der Waals surface area contributed by atoms with E-state index in [4.69, 9.17) is 0 Å². The van der Waals surface area contributed by atoms with Crippen LogP contribution in [-0.2, 0) is 19.7 Å². The summed E-state index contributed by atoms with van der Waals surface area (Å²) >= 11 is 0. The van der Waals surface area contributed by atoms with E-state index in [-0.39, 0.29) is 10.2 Å². The van der Waals surface area contributed by atoms with Gasteiger partial charge in [0.25, 0.3) is 0 Å². The predicted molar refractivity (Wildman–Crippen MR) is 77.2 cm³/mol. The van der Waals surface area contributed by atoms with Crippen molar-refractivity contribution in [1.29, 1.82) is 0 Å². The predicted octanol–water partition coefficient (Wildman–Crippen LogP) is -1.16. The third-order valence-electron chi connectivity index (χ3n) is 4.87. The first kappa shape index (κ1) is 14.7. The zero-order chi connectivity index (χ0) is 14.8. The highest BCUT2D eigenvalue weighted by atomic mass is 32.2. The molecule has 0 saturated carbocycles. The molecular formula is C12H22N2O4S2. The molecule has 4 aliphatic rings. The molecule has 0 aromatic heterocycles. The highest BCUT2D eigenvalue weighted by Crippen LogP contribution is 2.41. The molecule has 4 rings (SSSR count). The molecule has 2 spiro atoms. The lowest BCUT2D eigenvalue weighted by Crippen LogP contribution is -2.70. The van der Waals surface area contributed by atoms with Crippen molar-refractivity contribution in [2.75, 3.05) is 57.5 Å². The number of nitrogens with zero attached hydrogens (tertiary/aromatic N) is 2. The summed E-state index contributed by atoms with van der Waals surface area (Å²) in [5.41, 5.74) is 0.188. The standard InChI is InChI=1S/2C6H11NO2S/c1-7-2-6(3-7)4-10(8,9)5-6;1-7-4-6(5-7)2-3-10(6,8)9/h2*2-5H2,1H3. The van der Waals surface area contributed by atoms with Crippen LogP contribution in [0.15, 0.2) is 0 Å². The summed E-state index contributed by atoms with van der Waals surface area (Å²) in [5.74, 6) is 1.29. The molecule has 0 N–H and O–H groups in total. The molecule has 0 aromatic carbocycles. The van der Waals surface area contributed by atoms with E-state index in [0.29, 0.717) is 17.3 Å². The molecule has 116 valence electrons. The van der Waals surface area contributed by atoms with Crippen molar-refractivity contribution in [1.82, 2.24) is 9.80 Å². The number of hydrogen-bond donors (Lipinski definition) is 0. The van der Waals surface area contributed by atoms with Crippen molar-refractivity contribution in [2.45, 2.75) is 11.2 Å². The normalized spacial score (nSPS) is 34.9. The van der Waals surface area contributed by atoms with Crippen molar-refractivity contribution in [3.63, 3.8) is 0 Å². The van der Waals surface area contributed by atoms with Crippen LogP contribution in [0.5, 0.6) is 0 Å². The summed E-state index contributed by atoms with van der Waals surface area (Å²) in [6, 6.07) is 0. The van der Waals surface area contributed by atoms with E-state index in [2.05, 4.69) is 9.80 Å². The maximum absolute atomic E-state index is 11.1. The van der Waals surface area contributed by atoms with Gasteiger partial charge in [0.05, 0.1) is 22.0 Å². The monoisotopic (exact) mass is 322 g/mol. The molecule has 0 aromatic rings. The van der Waals surface area contributed by atoms with E-state index in [1.165, 1.54) is 0 Å². The Morgan fingerprint density at radius 3 is 1.55 bits per heavy atom. The Morgan fingerprint density at radius 1 is 0.850 bits per heavy atom. The topological polar surface area (TPSA) is 74.8 Å². The van der Waals surface area contributed by atoms with Crippen molar-refractivity contribution < 1.29 is 16.8 Å². The zero-order valence-electron chi connectivity index (χ0n) is 12.0. The molecule has 0 aliphatic carbocycles. The van der Waals surface area contributed by atoms with E-state index in [1.54, 1.807) is 0 Å². The van der Waals surface area contributed by atoms with Gasteiger partial charge in [-0.1, -0.05) is 0 Å². The zero-order valence-corrected chi connectivity index (χ0v) is 13.6. The van der Waals surface area contributed by atoms with E-state index in [9.17, 15) is 16.8 Å². The lowest BCUT2D eigenvalue weighted by atomic mass is 9.83. The number of sulfone groups is 2. The van der Waals surface area contributed by atoms with Crippen LogP contribution in [0.1, 0.15) is 6.42 Å². The number of rotatable bonds is 0. The van der Waals surface area contributed by atoms with Gasteiger partial charge in [-0.15, -0.1) is 0 Å². The third kappa shape index (κ3) is 2.20. The van der Waals surface area contributed by atoms with E-state index >= 15 is 0 Å². The summed E-state index contributed by atoms with van der Waals surface area (Å²) < 4.78 is 43.6. The first-order valence-electron chi connectivity index (χ1n) is 6.87. The second kappa shape index (κ2) is 4.18. The Hall–Kier alpha value is -0.180. The van der Waals surface area contributed by atoms with Crippen molar-refractivity contribution in [3.8, 4) is 0 Å². The lowest BCUT2D eigenvalue weighted by molar-refractivity contribution is 0.0494. The van der Waals surface area contributed by atoms with Crippen LogP contribution in [0.2, 0.25) is 0 Å². The molecule has 4 aliphatic heterocycles. The van der Waals surface area contributed by atoms with E-state index in [0.717, 1.165) is 32.6 Å². The van der Waals surface area contributed by atoms with Crippen molar-refractivity contribution in [2.24, 2.45) is 5.41 Å². The van der Waals surface area contributed by atoms with Crippen LogP contribution >= 0.6 is 0 Å². The van der Waals surface area contributed by atoms with Gasteiger partial charge in [-0.3, -0.25) is 0 Å². The van der Waals surface area contributed by atoms with Crippen LogP contribution in [0.4, 0.5) is 0 Å². The van der Waals surface area contributed by atoms with Gasteiger partial charge in [0, 0.05) is 31.6 Å². The molecule has 8 heteroatoms. The molecule has 0 bridgehead atoms. The number of likely N-dealkylation sites (tertiary alicyclic amines) is 2. The molecule has 0 radical (unpaired) electrons. The molecular weight excluding hydrogens is 300 g/mol. The third-order valence-corrected chi connectivity index (χ3v) is 9.49. The van der Waals surface area contributed by atoms with Gasteiger partial charge in [-0.05, 0) is 20.5 Å². The second-order valence-corrected chi connectivity index (χ2v) is 11.7. The molecule has 6 nitrogen and oxygen atoms in total. The molecule has 0 amide bonds. The smallest absolute Gasteiger partial charge is 0.158 e. The second-order valence-electron chi connectivity index (χ2n) is 7.13. The average molecular weight is 322 g/mol. The first-order chi connectivity index (χ1) is 9.07. The van der Waals surface area contributed by atoms with E-state index in [1.807, 2.05) is 14.1 Å².